The van der Waals surface area contributed by atoms with Crippen LogP contribution < -0.4 is 5.73 Å². The van der Waals surface area contributed by atoms with Gasteiger partial charge >= 0.3 is 0 Å². The minimum absolute atomic E-state index is 0.156. The third kappa shape index (κ3) is 3.42. The van der Waals surface area contributed by atoms with E-state index < -0.39 is 44.1 Å². The zero-order valence-corrected chi connectivity index (χ0v) is 14.7. The molecule has 1 aromatic heterocycles. The fourth-order valence-electron chi connectivity index (χ4n) is 2.64. The number of nitrogens with two attached hydrogens (primary N) is 1. The Hall–Kier alpha value is -1.91. The molecule has 1 atom stereocenters. The first-order chi connectivity index (χ1) is 11.5. The highest BCUT2D eigenvalue weighted by atomic mass is 32.2. The van der Waals surface area contributed by atoms with Gasteiger partial charge in [0.1, 0.15) is 34.6 Å². The van der Waals surface area contributed by atoms with Gasteiger partial charge in [-0.1, -0.05) is 6.07 Å². The zero-order chi connectivity index (χ0) is 18.9. The highest BCUT2D eigenvalue weighted by Crippen LogP contribution is 2.41. The predicted molar refractivity (Wildman–Crippen MR) is 87.2 cm³/mol. The van der Waals surface area contributed by atoms with Gasteiger partial charge in [0.2, 0.25) is 0 Å². The third-order valence-electron chi connectivity index (χ3n) is 4.39. The maximum atomic E-state index is 14.4. The zero-order valence-electron chi connectivity index (χ0n) is 13.9. The minimum atomic E-state index is -3.94. The second kappa shape index (κ2) is 6.77. The maximum absolute atomic E-state index is 14.4. The van der Waals surface area contributed by atoms with Crippen LogP contribution in [0.4, 0.5) is 8.78 Å². The topological polar surface area (TPSA) is 111 Å². The van der Waals surface area contributed by atoms with Crippen LogP contribution in [0.5, 0.6) is 0 Å². The molecular weight excluding hydrogens is 354 g/mol. The number of halogens is 2. The average Bonchev–Trinajstić information content (AvgIpc) is 2.99. The van der Waals surface area contributed by atoms with Crippen molar-refractivity contribution in [3.63, 3.8) is 0 Å². The Morgan fingerprint density at radius 2 is 2.00 bits per heavy atom. The molecule has 2 aromatic rings. The van der Waals surface area contributed by atoms with Crippen LogP contribution in [-0.4, -0.2) is 45.3 Å². The summed E-state index contributed by atoms with van der Waals surface area (Å²) in [6, 6.07) is 2.57. The number of hydrogen-bond acceptors (Lipinski definition) is 6. The molecule has 2 rings (SSSR count). The molecule has 138 valence electrons. The quantitative estimate of drug-likeness (QED) is 0.734. The van der Waals surface area contributed by atoms with Crippen molar-refractivity contribution in [2.45, 2.75) is 30.7 Å². The van der Waals surface area contributed by atoms with Gasteiger partial charge in [-0.05, 0) is 19.9 Å². The number of hydrogen-bond donors (Lipinski definition) is 2. The van der Waals surface area contributed by atoms with E-state index in [1.165, 1.54) is 31.2 Å². The maximum Gasteiger partial charge on any atom is 0.159 e. The molecule has 0 radical (unpaired) electrons. The van der Waals surface area contributed by atoms with Crippen LogP contribution >= 0.6 is 0 Å². The molecule has 0 aliphatic rings. The number of aliphatic hydroxyl groups is 1. The lowest BCUT2D eigenvalue weighted by Crippen LogP contribution is -2.56. The molecule has 0 aliphatic heterocycles. The van der Waals surface area contributed by atoms with Gasteiger partial charge in [0, 0.05) is 18.2 Å². The largest absolute Gasteiger partial charge is 0.381 e. The molecule has 1 aromatic carbocycles. The SMILES string of the molecule is CC(C)([C@](O)(Cn1cncn1)c1ccc(F)cc1F)S(=O)(=O)CCN. The van der Waals surface area contributed by atoms with Gasteiger partial charge in [-0.2, -0.15) is 5.10 Å². The van der Waals surface area contributed by atoms with E-state index in [0.717, 1.165) is 12.1 Å². The molecule has 7 nitrogen and oxygen atoms in total. The van der Waals surface area contributed by atoms with Gasteiger partial charge in [0.15, 0.2) is 9.84 Å². The lowest BCUT2D eigenvalue weighted by atomic mass is 9.82. The fraction of sp³-hybridized carbons (Fsp3) is 0.467. The summed E-state index contributed by atoms with van der Waals surface area (Å²) in [5.41, 5.74) is 2.77. The molecule has 0 saturated carbocycles. The third-order valence-corrected chi connectivity index (χ3v) is 7.06. The number of aromatic nitrogens is 3. The first-order valence-electron chi connectivity index (χ1n) is 7.48. The number of sulfone groups is 1. The molecule has 10 heteroatoms. The van der Waals surface area contributed by atoms with Gasteiger partial charge in [-0.15, -0.1) is 0 Å². The van der Waals surface area contributed by atoms with Crippen molar-refractivity contribution in [2.75, 3.05) is 12.3 Å². The van der Waals surface area contributed by atoms with Gasteiger partial charge in [-0.25, -0.2) is 26.9 Å². The van der Waals surface area contributed by atoms with E-state index >= 15 is 0 Å². The standard InChI is InChI=1S/C15H20F2N4O3S/c1-14(2,25(23,24)6-5-18)15(22,8-21-10-19-9-20-21)12-4-3-11(16)7-13(12)17/h3-4,7,9-10,22H,5-6,8,18H2,1-2H3/t15-/m0/s1. The number of rotatable bonds is 7. The molecule has 0 bridgehead atoms. The first kappa shape index (κ1) is 19.4. The van der Waals surface area contributed by atoms with Crippen molar-refractivity contribution in [2.24, 2.45) is 5.73 Å². The first-order valence-corrected chi connectivity index (χ1v) is 9.13. The Balaban J connectivity index is 2.67. The van der Waals surface area contributed by atoms with Crippen molar-refractivity contribution in [3.8, 4) is 0 Å². The second-order valence-corrected chi connectivity index (χ2v) is 8.85. The van der Waals surface area contributed by atoms with E-state index in [1.54, 1.807) is 0 Å². The van der Waals surface area contributed by atoms with Crippen LogP contribution in [0.1, 0.15) is 19.4 Å². The summed E-state index contributed by atoms with van der Waals surface area (Å²) in [5.74, 6) is -2.30. The molecule has 0 unspecified atom stereocenters. The molecule has 25 heavy (non-hydrogen) atoms. The van der Waals surface area contributed by atoms with Crippen molar-refractivity contribution in [1.29, 1.82) is 0 Å². The lowest BCUT2D eigenvalue weighted by molar-refractivity contribution is -0.0201. The van der Waals surface area contributed by atoms with E-state index in [-0.39, 0.29) is 12.1 Å². The van der Waals surface area contributed by atoms with Gasteiger partial charge < -0.3 is 10.8 Å². The highest BCUT2D eigenvalue weighted by molar-refractivity contribution is 7.92. The van der Waals surface area contributed by atoms with Crippen LogP contribution in [0, 0.1) is 11.6 Å². The lowest BCUT2D eigenvalue weighted by Gasteiger charge is -2.42. The van der Waals surface area contributed by atoms with Gasteiger partial charge in [-0.3, -0.25) is 0 Å². The van der Waals surface area contributed by atoms with Crippen LogP contribution in [0.25, 0.3) is 0 Å². The average molecular weight is 374 g/mol. The summed E-state index contributed by atoms with van der Waals surface area (Å²) in [5, 5.41) is 15.2. The van der Waals surface area contributed by atoms with E-state index in [1.807, 2.05) is 0 Å². The minimum Gasteiger partial charge on any atom is -0.381 e. The molecule has 0 spiro atoms. The predicted octanol–water partition coefficient (Wildman–Crippen LogP) is 0.596. The van der Waals surface area contributed by atoms with E-state index in [0.29, 0.717) is 6.07 Å². The van der Waals surface area contributed by atoms with Gasteiger partial charge in [0.25, 0.3) is 0 Å². The van der Waals surface area contributed by atoms with Crippen LogP contribution in [0.2, 0.25) is 0 Å². The van der Waals surface area contributed by atoms with Crippen molar-refractivity contribution in [3.05, 3.63) is 48.1 Å². The van der Waals surface area contributed by atoms with Gasteiger partial charge in [0.05, 0.1) is 12.3 Å². The van der Waals surface area contributed by atoms with Crippen molar-refractivity contribution in [1.82, 2.24) is 14.8 Å². The van der Waals surface area contributed by atoms with E-state index in [9.17, 15) is 22.3 Å². The Bertz CT molecular complexity index is 840. The summed E-state index contributed by atoms with van der Waals surface area (Å²) in [6.07, 6.45) is 2.46. The summed E-state index contributed by atoms with van der Waals surface area (Å²) in [6.45, 7) is 2.00. The Kier molecular flexibility index (Phi) is 5.26. The Morgan fingerprint density at radius 3 is 2.52 bits per heavy atom. The van der Waals surface area contributed by atoms with Crippen LogP contribution in [0.3, 0.4) is 0 Å². The van der Waals surface area contributed by atoms with E-state index in [4.69, 9.17) is 5.73 Å². The summed E-state index contributed by atoms with van der Waals surface area (Å²) < 4.78 is 52.4. The van der Waals surface area contributed by atoms with Crippen LogP contribution in [-0.2, 0) is 22.0 Å². The highest BCUT2D eigenvalue weighted by Gasteiger charge is 2.54. The smallest absolute Gasteiger partial charge is 0.159 e. The summed E-state index contributed by atoms with van der Waals surface area (Å²) >= 11 is 0. The molecule has 0 aliphatic carbocycles. The number of nitrogens with zero attached hydrogens (tertiary/aromatic N) is 3. The molecular formula is C15H20F2N4O3S. The molecule has 0 amide bonds. The van der Waals surface area contributed by atoms with Crippen molar-refractivity contribution < 1.29 is 22.3 Å². The molecule has 0 fully saturated rings. The molecule has 1 heterocycles. The summed E-state index contributed by atoms with van der Waals surface area (Å²) in [4.78, 5) is 3.73. The Morgan fingerprint density at radius 1 is 1.32 bits per heavy atom. The molecule has 0 saturated heterocycles. The van der Waals surface area contributed by atoms with Crippen LogP contribution in [0.15, 0.2) is 30.9 Å². The Labute approximate surface area is 144 Å². The van der Waals surface area contributed by atoms with Crippen molar-refractivity contribution >= 4 is 9.84 Å². The number of benzene rings is 1. The second-order valence-electron chi connectivity index (χ2n) is 6.20. The molecule has 3 N–H and O–H groups in total. The summed E-state index contributed by atoms with van der Waals surface area (Å²) in [7, 11) is -3.94. The normalized spacial score (nSPS) is 15.1. The monoisotopic (exact) mass is 374 g/mol. The van der Waals surface area contributed by atoms with E-state index in [2.05, 4.69) is 10.1 Å². The fourth-order valence-corrected chi connectivity index (χ4v) is 4.15.